The summed E-state index contributed by atoms with van der Waals surface area (Å²) in [6, 6.07) is 9.63. The Hall–Kier alpha value is -3.03. The maximum Gasteiger partial charge on any atom is 0.227 e. The van der Waals surface area contributed by atoms with Gasteiger partial charge in [0.1, 0.15) is 0 Å². The number of benzene rings is 1. The molecule has 1 fully saturated rings. The van der Waals surface area contributed by atoms with Gasteiger partial charge in [-0.1, -0.05) is 40.6 Å². The lowest BCUT2D eigenvalue weighted by molar-refractivity contribution is -0.132. The second-order valence-electron chi connectivity index (χ2n) is 6.73. The molecule has 0 spiro atoms. The molecule has 140 valence electrons. The minimum absolute atomic E-state index is 0.0828. The molecule has 1 amide bonds. The van der Waals surface area contributed by atoms with Gasteiger partial charge in [-0.3, -0.25) is 4.79 Å². The van der Waals surface area contributed by atoms with E-state index in [0.717, 1.165) is 24.9 Å². The molecule has 1 atom stereocenters. The van der Waals surface area contributed by atoms with Gasteiger partial charge in [-0.15, -0.1) is 0 Å². The topological polar surface area (TPSA) is 98.2 Å². The predicted molar refractivity (Wildman–Crippen MR) is 95.6 cm³/mol. The fourth-order valence-corrected chi connectivity index (χ4v) is 3.33. The molecule has 1 aromatic carbocycles. The highest BCUT2D eigenvalue weighted by Gasteiger charge is 2.27. The van der Waals surface area contributed by atoms with Crippen LogP contribution < -0.4 is 0 Å². The molecule has 0 radical (unpaired) electrons. The first-order valence-corrected chi connectivity index (χ1v) is 9.15. The number of likely N-dealkylation sites (tertiary alicyclic amines) is 1. The van der Waals surface area contributed by atoms with E-state index in [-0.39, 0.29) is 11.8 Å². The van der Waals surface area contributed by atoms with Gasteiger partial charge in [0, 0.05) is 44.3 Å². The first kappa shape index (κ1) is 17.4. The highest BCUT2D eigenvalue weighted by atomic mass is 16.5. The van der Waals surface area contributed by atoms with Gasteiger partial charge in [-0.25, -0.2) is 0 Å². The van der Waals surface area contributed by atoms with E-state index >= 15 is 0 Å². The number of piperidine rings is 1. The third-order valence-corrected chi connectivity index (χ3v) is 4.74. The fourth-order valence-electron chi connectivity index (χ4n) is 3.33. The van der Waals surface area contributed by atoms with E-state index in [9.17, 15) is 4.79 Å². The Morgan fingerprint density at radius 1 is 1.19 bits per heavy atom. The summed E-state index contributed by atoms with van der Waals surface area (Å²) in [4.78, 5) is 23.2. The summed E-state index contributed by atoms with van der Waals surface area (Å²) >= 11 is 0. The molecule has 0 bridgehead atoms. The van der Waals surface area contributed by atoms with Crippen LogP contribution >= 0.6 is 0 Å². The van der Waals surface area contributed by atoms with Crippen molar-refractivity contribution in [3.8, 4) is 11.4 Å². The van der Waals surface area contributed by atoms with Crippen LogP contribution in [0.3, 0.4) is 0 Å². The number of aryl methyl sites for hydroxylation is 2. The van der Waals surface area contributed by atoms with Crippen LogP contribution in [0.15, 0.2) is 39.4 Å². The second-order valence-corrected chi connectivity index (χ2v) is 6.73. The zero-order valence-electron chi connectivity index (χ0n) is 15.2. The van der Waals surface area contributed by atoms with Crippen LogP contribution in [0.2, 0.25) is 0 Å². The maximum atomic E-state index is 12.6. The van der Waals surface area contributed by atoms with Crippen molar-refractivity contribution in [2.24, 2.45) is 0 Å². The molecule has 2 aromatic heterocycles. The summed E-state index contributed by atoms with van der Waals surface area (Å²) in [7, 11) is 0. The summed E-state index contributed by atoms with van der Waals surface area (Å²) in [6.45, 7) is 3.15. The van der Waals surface area contributed by atoms with E-state index in [1.165, 1.54) is 0 Å². The Kier molecular flexibility index (Phi) is 4.95. The summed E-state index contributed by atoms with van der Waals surface area (Å²) in [5.74, 6) is 2.48. The molecule has 8 heteroatoms. The van der Waals surface area contributed by atoms with Crippen molar-refractivity contribution in [2.75, 3.05) is 13.1 Å². The van der Waals surface area contributed by atoms with E-state index in [1.807, 2.05) is 35.2 Å². The molecule has 0 saturated carbocycles. The molecule has 0 aliphatic carbocycles. The van der Waals surface area contributed by atoms with E-state index in [2.05, 4.69) is 20.3 Å². The van der Waals surface area contributed by atoms with Crippen LogP contribution in [-0.4, -0.2) is 44.2 Å². The van der Waals surface area contributed by atoms with Crippen molar-refractivity contribution in [2.45, 2.75) is 38.5 Å². The van der Waals surface area contributed by atoms with Gasteiger partial charge in [-0.2, -0.15) is 9.97 Å². The number of carbonyl (C=O) groups excluding carboxylic acids is 1. The van der Waals surface area contributed by atoms with Crippen molar-refractivity contribution in [1.82, 2.24) is 25.2 Å². The van der Waals surface area contributed by atoms with Gasteiger partial charge >= 0.3 is 0 Å². The second kappa shape index (κ2) is 7.69. The minimum atomic E-state index is 0.0828. The van der Waals surface area contributed by atoms with Gasteiger partial charge < -0.3 is 13.9 Å². The van der Waals surface area contributed by atoms with E-state index in [1.54, 1.807) is 6.92 Å². The van der Waals surface area contributed by atoms with Gasteiger partial charge in [-0.05, 0) is 12.8 Å². The third kappa shape index (κ3) is 4.05. The smallest absolute Gasteiger partial charge is 0.227 e. The van der Waals surface area contributed by atoms with Crippen LogP contribution in [0.25, 0.3) is 11.4 Å². The van der Waals surface area contributed by atoms with Crippen molar-refractivity contribution in [1.29, 1.82) is 0 Å². The lowest BCUT2D eigenvalue weighted by atomic mass is 9.97. The molecule has 3 aromatic rings. The molecule has 1 saturated heterocycles. The molecular weight excluding hydrogens is 346 g/mol. The number of aromatic nitrogens is 4. The summed E-state index contributed by atoms with van der Waals surface area (Å²) in [5, 5.41) is 7.99. The van der Waals surface area contributed by atoms with Gasteiger partial charge in [0.25, 0.3) is 0 Å². The molecule has 1 aliphatic rings. The Labute approximate surface area is 156 Å². The predicted octanol–water partition coefficient (Wildman–Crippen LogP) is 2.77. The first-order chi connectivity index (χ1) is 13.2. The summed E-state index contributed by atoms with van der Waals surface area (Å²) in [5.41, 5.74) is 0.896. The van der Waals surface area contributed by atoms with Crippen molar-refractivity contribution < 1.29 is 13.8 Å². The lowest BCUT2D eigenvalue weighted by Gasteiger charge is -2.31. The number of amides is 1. The van der Waals surface area contributed by atoms with Gasteiger partial charge in [0.15, 0.2) is 5.82 Å². The van der Waals surface area contributed by atoms with Crippen LogP contribution in [0, 0.1) is 6.92 Å². The first-order valence-electron chi connectivity index (χ1n) is 9.15. The largest absolute Gasteiger partial charge is 0.342 e. The zero-order chi connectivity index (χ0) is 18.6. The number of rotatable bonds is 5. The molecule has 0 unspecified atom stereocenters. The average Bonchev–Trinajstić information content (AvgIpc) is 3.36. The minimum Gasteiger partial charge on any atom is -0.342 e. The number of nitrogens with zero attached hydrogens (tertiary/aromatic N) is 5. The van der Waals surface area contributed by atoms with Crippen molar-refractivity contribution >= 4 is 5.91 Å². The third-order valence-electron chi connectivity index (χ3n) is 4.74. The normalized spacial score (nSPS) is 17.2. The van der Waals surface area contributed by atoms with E-state index < -0.39 is 0 Å². The summed E-state index contributed by atoms with van der Waals surface area (Å²) < 4.78 is 10.4. The zero-order valence-corrected chi connectivity index (χ0v) is 15.2. The Morgan fingerprint density at radius 2 is 2.04 bits per heavy atom. The van der Waals surface area contributed by atoms with Crippen LogP contribution in [0.4, 0.5) is 0 Å². The van der Waals surface area contributed by atoms with Crippen LogP contribution in [-0.2, 0) is 11.2 Å². The molecule has 1 aliphatic heterocycles. The molecule has 4 rings (SSSR count). The molecule has 8 nitrogen and oxygen atoms in total. The SMILES string of the molecule is Cc1nc([C@@H]2CCCN(C(=O)CCc3nc(-c4ccccc4)no3)C2)no1. The number of hydrogen-bond donors (Lipinski definition) is 0. The van der Waals surface area contributed by atoms with Crippen molar-refractivity contribution in [3.05, 3.63) is 47.9 Å². The lowest BCUT2D eigenvalue weighted by Crippen LogP contribution is -2.39. The van der Waals surface area contributed by atoms with E-state index in [0.29, 0.717) is 42.8 Å². The molecular formula is C19H21N5O3. The van der Waals surface area contributed by atoms with E-state index in [4.69, 9.17) is 9.05 Å². The monoisotopic (exact) mass is 367 g/mol. The van der Waals surface area contributed by atoms with Crippen LogP contribution in [0.1, 0.15) is 42.8 Å². The molecule has 3 heterocycles. The Bertz CT molecular complexity index is 905. The summed E-state index contributed by atoms with van der Waals surface area (Å²) in [6.07, 6.45) is 2.67. The average molecular weight is 367 g/mol. The maximum absolute atomic E-state index is 12.6. The van der Waals surface area contributed by atoms with Crippen molar-refractivity contribution in [3.63, 3.8) is 0 Å². The highest BCUT2D eigenvalue weighted by molar-refractivity contribution is 5.76. The molecule has 0 N–H and O–H groups in total. The number of carbonyl (C=O) groups is 1. The van der Waals surface area contributed by atoms with Gasteiger partial charge in [0.2, 0.25) is 23.5 Å². The van der Waals surface area contributed by atoms with Crippen LogP contribution in [0.5, 0.6) is 0 Å². The standard InChI is InChI=1S/C19H21N5O3/c1-13-20-19(22-26-13)15-8-5-11-24(12-15)17(25)10-9-16-21-18(23-27-16)14-6-3-2-4-7-14/h2-4,6-7,15H,5,8-12H2,1H3/t15-/m1/s1. The highest BCUT2D eigenvalue weighted by Crippen LogP contribution is 2.25. The Balaban J connectivity index is 1.33. The quantitative estimate of drug-likeness (QED) is 0.684. The fraction of sp³-hybridized carbons (Fsp3) is 0.421. The van der Waals surface area contributed by atoms with Gasteiger partial charge in [0.05, 0.1) is 0 Å². The number of hydrogen-bond acceptors (Lipinski definition) is 7. The Morgan fingerprint density at radius 3 is 2.81 bits per heavy atom. The molecule has 27 heavy (non-hydrogen) atoms.